The Morgan fingerprint density at radius 3 is 2.40 bits per heavy atom. The van der Waals surface area contributed by atoms with Crippen molar-refractivity contribution in [2.75, 3.05) is 20.1 Å². The van der Waals surface area contributed by atoms with Gasteiger partial charge in [-0.3, -0.25) is 4.79 Å². The summed E-state index contributed by atoms with van der Waals surface area (Å²) in [7, 11) is 1.89. The van der Waals surface area contributed by atoms with Gasteiger partial charge in [-0.1, -0.05) is 44.2 Å². The number of amides is 1. The molecule has 2 unspecified atom stereocenters. The number of likely N-dealkylation sites (N-methyl/N-ethyl adjacent to an activating group) is 1. The molecule has 0 aliphatic rings. The minimum Gasteiger partial charge on any atom is -0.339 e. The third kappa shape index (κ3) is 4.64. The Morgan fingerprint density at radius 1 is 1.25 bits per heavy atom. The van der Waals surface area contributed by atoms with E-state index < -0.39 is 0 Å². The van der Waals surface area contributed by atoms with E-state index in [2.05, 4.69) is 43.4 Å². The van der Waals surface area contributed by atoms with Crippen molar-refractivity contribution in [2.24, 2.45) is 5.92 Å². The van der Waals surface area contributed by atoms with E-state index in [0.717, 1.165) is 25.9 Å². The molecule has 0 saturated carbocycles. The molecule has 1 aromatic carbocycles. The van der Waals surface area contributed by atoms with Crippen LogP contribution >= 0.6 is 0 Å². The fraction of sp³-hybridized carbons (Fsp3) is 0.588. The number of carbonyl (C=O) groups is 1. The van der Waals surface area contributed by atoms with Gasteiger partial charge in [0.1, 0.15) is 0 Å². The molecule has 3 heteroatoms. The molecular formula is C17H28N2O. The first-order valence-electron chi connectivity index (χ1n) is 7.62. The first kappa shape index (κ1) is 16.7. The number of hydrogen-bond donors (Lipinski definition) is 1. The lowest BCUT2D eigenvalue weighted by Crippen LogP contribution is -2.45. The Labute approximate surface area is 123 Å². The van der Waals surface area contributed by atoms with E-state index >= 15 is 0 Å². The van der Waals surface area contributed by atoms with Crippen molar-refractivity contribution in [1.82, 2.24) is 10.2 Å². The second-order valence-corrected chi connectivity index (χ2v) is 5.33. The number of benzene rings is 1. The van der Waals surface area contributed by atoms with E-state index in [1.165, 1.54) is 5.56 Å². The molecule has 0 saturated heterocycles. The largest absolute Gasteiger partial charge is 0.339 e. The van der Waals surface area contributed by atoms with Gasteiger partial charge in [0.15, 0.2) is 0 Å². The van der Waals surface area contributed by atoms with Crippen molar-refractivity contribution in [3.05, 3.63) is 35.9 Å². The molecule has 0 bridgehead atoms. The summed E-state index contributed by atoms with van der Waals surface area (Å²) in [6.07, 6.45) is 1.92. The van der Waals surface area contributed by atoms with Crippen LogP contribution in [-0.4, -0.2) is 37.0 Å². The SMILES string of the molecule is CCC(Cc1ccccc1)N(CC)C(=O)C(C)CNC. The molecule has 20 heavy (non-hydrogen) atoms. The molecule has 112 valence electrons. The molecular weight excluding hydrogens is 248 g/mol. The van der Waals surface area contributed by atoms with Gasteiger partial charge in [-0.05, 0) is 32.4 Å². The predicted octanol–water partition coefficient (Wildman–Crippen LogP) is 2.71. The van der Waals surface area contributed by atoms with Crippen LogP contribution in [0.5, 0.6) is 0 Å². The van der Waals surface area contributed by atoms with Crippen LogP contribution in [0.15, 0.2) is 30.3 Å². The number of hydrogen-bond acceptors (Lipinski definition) is 2. The predicted molar refractivity (Wildman–Crippen MR) is 84.7 cm³/mol. The minimum atomic E-state index is 0.0322. The third-order valence-electron chi connectivity index (χ3n) is 3.78. The standard InChI is InChI=1S/C17H28N2O/c1-5-16(12-15-10-8-7-9-11-15)19(6-2)17(20)14(3)13-18-4/h7-11,14,16,18H,5-6,12-13H2,1-4H3. The zero-order valence-electron chi connectivity index (χ0n) is 13.2. The summed E-state index contributed by atoms with van der Waals surface area (Å²) in [5.41, 5.74) is 1.30. The second-order valence-electron chi connectivity index (χ2n) is 5.33. The maximum atomic E-state index is 12.5. The Bertz CT molecular complexity index is 391. The van der Waals surface area contributed by atoms with Gasteiger partial charge in [0.25, 0.3) is 0 Å². The van der Waals surface area contributed by atoms with Crippen molar-refractivity contribution in [2.45, 2.75) is 39.7 Å². The number of nitrogens with one attached hydrogen (secondary N) is 1. The van der Waals surface area contributed by atoms with Gasteiger partial charge >= 0.3 is 0 Å². The highest BCUT2D eigenvalue weighted by Gasteiger charge is 2.24. The van der Waals surface area contributed by atoms with Crippen molar-refractivity contribution in [3.8, 4) is 0 Å². The summed E-state index contributed by atoms with van der Waals surface area (Å²) in [4.78, 5) is 14.6. The van der Waals surface area contributed by atoms with Crippen LogP contribution in [-0.2, 0) is 11.2 Å². The van der Waals surface area contributed by atoms with E-state index in [4.69, 9.17) is 0 Å². The quantitative estimate of drug-likeness (QED) is 0.792. The summed E-state index contributed by atoms with van der Waals surface area (Å²) in [5, 5.41) is 3.09. The van der Waals surface area contributed by atoms with Gasteiger partial charge in [-0.15, -0.1) is 0 Å². The summed E-state index contributed by atoms with van der Waals surface area (Å²) in [6.45, 7) is 7.73. The van der Waals surface area contributed by atoms with E-state index in [1.54, 1.807) is 0 Å². The second kappa shape index (κ2) is 8.75. The molecule has 1 rings (SSSR count). The summed E-state index contributed by atoms with van der Waals surface area (Å²) < 4.78 is 0. The van der Waals surface area contributed by atoms with Gasteiger partial charge in [-0.25, -0.2) is 0 Å². The van der Waals surface area contributed by atoms with Gasteiger partial charge in [-0.2, -0.15) is 0 Å². The first-order valence-corrected chi connectivity index (χ1v) is 7.62. The molecule has 0 heterocycles. The molecule has 0 aliphatic heterocycles. The average Bonchev–Trinajstić information content (AvgIpc) is 2.48. The highest BCUT2D eigenvalue weighted by Crippen LogP contribution is 2.15. The summed E-state index contributed by atoms with van der Waals surface area (Å²) in [5.74, 6) is 0.286. The molecule has 1 aromatic rings. The van der Waals surface area contributed by atoms with Crippen molar-refractivity contribution in [3.63, 3.8) is 0 Å². The topological polar surface area (TPSA) is 32.3 Å². The van der Waals surface area contributed by atoms with Gasteiger partial charge in [0.05, 0.1) is 0 Å². The lowest BCUT2D eigenvalue weighted by atomic mass is 10.0. The zero-order valence-corrected chi connectivity index (χ0v) is 13.2. The molecule has 0 spiro atoms. The number of rotatable bonds is 8. The zero-order chi connectivity index (χ0) is 15.0. The maximum Gasteiger partial charge on any atom is 0.226 e. The van der Waals surface area contributed by atoms with Crippen LogP contribution in [0.25, 0.3) is 0 Å². The smallest absolute Gasteiger partial charge is 0.226 e. The summed E-state index contributed by atoms with van der Waals surface area (Å²) >= 11 is 0. The van der Waals surface area contributed by atoms with Gasteiger partial charge < -0.3 is 10.2 Å². The Balaban J connectivity index is 2.76. The fourth-order valence-corrected chi connectivity index (χ4v) is 2.63. The molecule has 0 aliphatic carbocycles. The minimum absolute atomic E-state index is 0.0322. The van der Waals surface area contributed by atoms with E-state index in [1.807, 2.05) is 24.9 Å². The Hall–Kier alpha value is -1.35. The van der Waals surface area contributed by atoms with E-state index in [-0.39, 0.29) is 17.9 Å². The van der Waals surface area contributed by atoms with Crippen LogP contribution in [0.2, 0.25) is 0 Å². The molecule has 0 fully saturated rings. The van der Waals surface area contributed by atoms with E-state index in [0.29, 0.717) is 0 Å². The van der Waals surface area contributed by atoms with E-state index in [9.17, 15) is 4.79 Å². The van der Waals surface area contributed by atoms with Gasteiger partial charge in [0, 0.05) is 25.0 Å². The van der Waals surface area contributed by atoms with Crippen molar-refractivity contribution >= 4 is 5.91 Å². The average molecular weight is 276 g/mol. The van der Waals surface area contributed by atoms with Gasteiger partial charge in [0.2, 0.25) is 5.91 Å². The van der Waals surface area contributed by atoms with Crippen molar-refractivity contribution in [1.29, 1.82) is 0 Å². The van der Waals surface area contributed by atoms with Crippen LogP contribution < -0.4 is 5.32 Å². The molecule has 2 atom stereocenters. The molecule has 0 radical (unpaired) electrons. The fourth-order valence-electron chi connectivity index (χ4n) is 2.63. The lowest BCUT2D eigenvalue weighted by molar-refractivity contribution is -0.137. The normalized spacial score (nSPS) is 13.8. The Morgan fingerprint density at radius 2 is 1.90 bits per heavy atom. The number of carbonyl (C=O) groups excluding carboxylic acids is 1. The first-order chi connectivity index (χ1) is 9.63. The number of nitrogens with zero attached hydrogens (tertiary/aromatic N) is 1. The summed E-state index contributed by atoms with van der Waals surface area (Å²) in [6, 6.07) is 10.7. The third-order valence-corrected chi connectivity index (χ3v) is 3.78. The molecule has 3 nitrogen and oxygen atoms in total. The molecule has 1 amide bonds. The molecule has 0 aromatic heterocycles. The van der Waals surface area contributed by atoms with Crippen LogP contribution in [0.3, 0.4) is 0 Å². The van der Waals surface area contributed by atoms with Crippen LogP contribution in [0.1, 0.15) is 32.8 Å². The molecule has 1 N–H and O–H groups in total. The monoisotopic (exact) mass is 276 g/mol. The highest BCUT2D eigenvalue weighted by atomic mass is 16.2. The lowest BCUT2D eigenvalue weighted by Gasteiger charge is -2.32. The van der Waals surface area contributed by atoms with Crippen LogP contribution in [0.4, 0.5) is 0 Å². The highest BCUT2D eigenvalue weighted by molar-refractivity contribution is 5.79. The van der Waals surface area contributed by atoms with Crippen molar-refractivity contribution < 1.29 is 4.79 Å². The van der Waals surface area contributed by atoms with Crippen LogP contribution in [0, 0.1) is 5.92 Å². The maximum absolute atomic E-state index is 12.5. The Kier molecular flexibility index (Phi) is 7.31.